The van der Waals surface area contributed by atoms with E-state index in [9.17, 15) is 0 Å². The van der Waals surface area contributed by atoms with Crippen LogP contribution >= 0.6 is 0 Å². The first-order chi connectivity index (χ1) is 7.99. The summed E-state index contributed by atoms with van der Waals surface area (Å²) in [6.07, 6.45) is 1.82. The van der Waals surface area contributed by atoms with Crippen LogP contribution in [-0.4, -0.2) is 50.3 Å². The minimum atomic E-state index is 0.150. The number of nitrogens with zero attached hydrogens (tertiary/aromatic N) is 7. The fourth-order valence-corrected chi connectivity index (χ4v) is 1.00. The third kappa shape index (κ3) is 2.92. The van der Waals surface area contributed by atoms with Crippen LogP contribution in [-0.2, 0) is 4.84 Å². The summed E-state index contributed by atoms with van der Waals surface area (Å²) < 4.78 is 0. The van der Waals surface area contributed by atoms with Gasteiger partial charge in [0.25, 0.3) is 5.95 Å². The van der Waals surface area contributed by atoms with Gasteiger partial charge in [-0.05, 0) is 0 Å². The molecule has 1 heterocycles. The molecular formula is C9H15N7O. The molecule has 0 saturated heterocycles. The number of aromatic nitrogens is 3. The van der Waals surface area contributed by atoms with E-state index in [0.29, 0.717) is 11.9 Å². The summed E-state index contributed by atoms with van der Waals surface area (Å²) in [5.74, 6) is 1.06. The molecule has 17 heavy (non-hydrogen) atoms. The van der Waals surface area contributed by atoms with Crippen molar-refractivity contribution in [3.63, 3.8) is 0 Å². The van der Waals surface area contributed by atoms with E-state index < -0.39 is 0 Å². The monoisotopic (exact) mass is 237 g/mol. The molecule has 0 fully saturated rings. The van der Waals surface area contributed by atoms with Gasteiger partial charge in [0, 0.05) is 28.2 Å². The van der Waals surface area contributed by atoms with Gasteiger partial charge in [-0.2, -0.15) is 20.2 Å². The molecule has 0 spiro atoms. The maximum absolute atomic E-state index is 8.86. The van der Waals surface area contributed by atoms with Crippen LogP contribution in [0, 0.1) is 11.5 Å². The molecule has 92 valence electrons. The van der Waals surface area contributed by atoms with E-state index >= 15 is 0 Å². The Morgan fingerprint density at radius 1 is 0.941 bits per heavy atom. The van der Waals surface area contributed by atoms with Gasteiger partial charge < -0.3 is 9.80 Å². The quantitative estimate of drug-likeness (QED) is 0.406. The van der Waals surface area contributed by atoms with Crippen LogP contribution in [0.1, 0.15) is 0 Å². The Morgan fingerprint density at radius 3 is 1.65 bits per heavy atom. The summed E-state index contributed by atoms with van der Waals surface area (Å²) in [5.41, 5.74) is 0. The van der Waals surface area contributed by atoms with E-state index in [1.54, 1.807) is 9.80 Å². The second-order valence-corrected chi connectivity index (χ2v) is 3.60. The topological polar surface area (TPSA) is 81.4 Å². The number of hydroxylamine groups is 1. The highest BCUT2D eigenvalue weighted by molar-refractivity contribution is 5.45. The lowest BCUT2D eigenvalue weighted by Gasteiger charge is -2.17. The molecule has 0 radical (unpaired) electrons. The maximum atomic E-state index is 8.86. The van der Waals surface area contributed by atoms with Gasteiger partial charge >= 0.3 is 0 Å². The van der Waals surface area contributed by atoms with Crippen LogP contribution in [0.3, 0.4) is 0 Å². The Bertz CT molecular complexity index is 400. The lowest BCUT2D eigenvalue weighted by atomic mass is 10.7. The average molecular weight is 237 g/mol. The first-order valence-corrected chi connectivity index (χ1v) is 4.84. The van der Waals surface area contributed by atoms with Crippen LogP contribution in [0.5, 0.6) is 0 Å². The van der Waals surface area contributed by atoms with Gasteiger partial charge in [0.1, 0.15) is 0 Å². The molecule has 0 N–H and O–H groups in total. The number of hydrogen-bond acceptors (Lipinski definition) is 8. The number of nitriles is 1. The smallest absolute Gasteiger partial charge is 0.271 e. The molecule has 8 heteroatoms. The van der Waals surface area contributed by atoms with E-state index in [1.807, 2.05) is 34.4 Å². The zero-order valence-corrected chi connectivity index (χ0v) is 10.5. The van der Waals surface area contributed by atoms with Crippen LogP contribution in [0.4, 0.5) is 17.8 Å². The molecule has 1 aromatic heterocycles. The molecule has 0 atom stereocenters. The van der Waals surface area contributed by atoms with Crippen molar-refractivity contribution in [2.24, 2.45) is 0 Å². The Kier molecular flexibility index (Phi) is 4.01. The van der Waals surface area contributed by atoms with Gasteiger partial charge in [0.05, 0.1) is 7.11 Å². The highest BCUT2D eigenvalue weighted by atomic mass is 16.7. The predicted octanol–water partition coefficient (Wildman–Crippen LogP) is -0.148. The van der Waals surface area contributed by atoms with E-state index in [4.69, 9.17) is 10.1 Å². The van der Waals surface area contributed by atoms with Crippen LogP contribution < -0.4 is 14.9 Å². The molecule has 0 amide bonds. The molecule has 0 saturated carbocycles. The third-order valence-electron chi connectivity index (χ3n) is 1.86. The molecule has 0 unspecified atom stereocenters. The zero-order chi connectivity index (χ0) is 13.0. The van der Waals surface area contributed by atoms with Crippen molar-refractivity contribution >= 4 is 17.8 Å². The average Bonchev–Trinajstić information content (AvgIpc) is 2.30. The Labute approximate surface area is 100 Å². The van der Waals surface area contributed by atoms with Crippen molar-refractivity contribution in [2.45, 2.75) is 0 Å². The normalized spacial score (nSPS) is 9.65. The Morgan fingerprint density at radius 2 is 1.35 bits per heavy atom. The maximum Gasteiger partial charge on any atom is 0.271 e. The SMILES string of the molecule is CON(C#N)c1nc(N(C)C)nc(N(C)C)n1. The van der Waals surface area contributed by atoms with Crippen molar-refractivity contribution in [3.05, 3.63) is 0 Å². The summed E-state index contributed by atoms with van der Waals surface area (Å²) >= 11 is 0. The highest BCUT2D eigenvalue weighted by Crippen LogP contribution is 2.15. The van der Waals surface area contributed by atoms with Crippen molar-refractivity contribution < 1.29 is 4.84 Å². The van der Waals surface area contributed by atoms with Crippen LogP contribution in [0.15, 0.2) is 0 Å². The highest BCUT2D eigenvalue weighted by Gasteiger charge is 2.15. The van der Waals surface area contributed by atoms with Crippen molar-refractivity contribution in [1.82, 2.24) is 15.0 Å². The van der Waals surface area contributed by atoms with E-state index in [2.05, 4.69) is 15.0 Å². The molecule has 1 aromatic rings. The standard InChI is InChI=1S/C9H15N7O/c1-14(2)7-11-8(15(3)4)13-9(12-7)16(6-10)17-5/h1-5H3. The van der Waals surface area contributed by atoms with Gasteiger partial charge in [0.15, 0.2) is 0 Å². The van der Waals surface area contributed by atoms with E-state index in [0.717, 1.165) is 5.06 Å². The van der Waals surface area contributed by atoms with Gasteiger partial charge in [-0.15, -0.1) is 5.06 Å². The van der Waals surface area contributed by atoms with Crippen LogP contribution in [0.25, 0.3) is 0 Å². The molecule has 0 aliphatic carbocycles. The Balaban J connectivity index is 3.26. The number of hydrogen-bond donors (Lipinski definition) is 0. The summed E-state index contributed by atoms with van der Waals surface area (Å²) in [7, 11) is 8.60. The molecule has 0 aliphatic heterocycles. The van der Waals surface area contributed by atoms with Gasteiger partial charge in [-0.25, -0.2) is 0 Å². The number of anilines is 3. The second kappa shape index (κ2) is 5.27. The summed E-state index contributed by atoms with van der Waals surface area (Å²) in [5, 5.41) is 9.78. The molecule has 0 bridgehead atoms. The summed E-state index contributed by atoms with van der Waals surface area (Å²) in [6, 6.07) is 0. The minimum Gasteiger partial charge on any atom is -0.347 e. The first kappa shape index (κ1) is 12.9. The zero-order valence-electron chi connectivity index (χ0n) is 10.5. The molecule has 1 rings (SSSR count). The van der Waals surface area contributed by atoms with Gasteiger partial charge in [0.2, 0.25) is 18.1 Å². The predicted molar refractivity (Wildman–Crippen MR) is 63.6 cm³/mol. The lowest BCUT2D eigenvalue weighted by molar-refractivity contribution is 0.197. The Hall–Kier alpha value is -2.14. The van der Waals surface area contributed by atoms with Crippen molar-refractivity contribution in [3.8, 4) is 6.19 Å². The van der Waals surface area contributed by atoms with E-state index in [1.165, 1.54) is 7.11 Å². The van der Waals surface area contributed by atoms with Gasteiger partial charge in [-0.1, -0.05) is 0 Å². The fraction of sp³-hybridized carbons (Fsp3) is 0.556. The van der Waals surface area contributed by atoms with Crippen molar-refractivity contribution in [1.29, 1.82) is 5.26 Å². The van der Waals surface area contributed by atoms with Crippen molar-refractivity contribution in [2.75, 3.05) is 50.2 Å². The second-order valence-electron chi connectivity index (χ2n) is 3.60. The summed E-state index contributed by atoms with van der Waals surface area (Å²) in [4.78, 5) is 20.7. The van der Waals surface area contributed by atoms with E-state index in [-0.39, 0.29) is 5.95 Å². The largest absolute Gasteiger partial charge is 0.347 e. The first-order valence-electron chi connectivity index (χ1n) is 4.84. The third-order valence-corrected chi connectivity index (χ3v) is 1.86. The van der Waals surface area contributed by atoms with Crippen LogP contribution in [0.2, 0.25) is 0 Å². The molecule has 8 nitrogen and oxygen atoms in total. The molecular weight excluding hydrogens is 222 g/mol. The minimum absolute atomic E-state index is 0.150. The number of rotatable bonds is 4. The fourth-order valence-electron chi connectivity index (χ4n) is 1.00. The molecule has 0 aliphatic rings. The molecule has 0 aromatic carbocycles. The lowest BCUT2D eigenvalue weighted by Crippen LogP contribution is -2.23. The van der Waals surface area contributed by atoms with Gasteiger partial charge in [-0.3, -0.25) is 4.84 Å². The summed E-state index contributed by atoms with van der Waals surface area (Å²) in [6.45, 7) is 0.